The minimum absolute atomic E-state index is 0.0993. The van der Waals surface area contributed by atoms with Crippen LogP contribution in [0.1, 0.15) is 12.6 Å². The number of rotatable bonds is 5. The summed E-state index contributed by atoms with van der Waals surface area (Å²) in [7, 11) is -3.43. The molecule has 0 aliphatic carbocycles. The van der Waals surface area contributed by atoms with Gasteiger partial charge in [0.1, 0.15) is 5.44 Å². The molecule has 2 rings (SSSR count). The van der Waals surface area contributed by atoms with Crippen LogP contribution >= 0.6 is 7.37 Å². The van der Waals surface area contributed by atoms with Crippen molar-refractivity contribution in [3.05, 3.63) is 58.3 Å². The minimum Gasteiger partial charge on any atom is -0.321 e. The first kappa shape index (κ1) is 15.4. The van der Waals surface area contributed by atoms with Crippen molar-refractivity contribution in [2.45, 2.75) is 13.8 Å². The molecule has 21 heavy (non-hydrogen) atoms. The van der Waals surface area contributed by atoms with Gasteiger partial charge in [-0.15, -0.1) is 0 Å². The van der Waals surface area contributed by atoms with Gasteiger partial charge in [-0.2, -0.15) is 0 Å². The van der Waals surface area contributed by atoms with E-state index in [0.717, 1.165) is 0 Å². The molecule has 0 N–H and O–H groups in total. The van der Waals surface area contributed by atoms with Gasteiger partial charge in [-0.3, -0.25) is 14.7 Å². The molecule has 1 aromatic heterocycles. The number of benzene rings is 1. The van der Waals surface area contributed by atoms with Crippen molar-refractivity contribution >= 4 is 23.8 Å². The second-order valence-corrected chi connectivity index (χ2v) is 6.72. The van der Waals surface area contributed by atoms with E-state index in [1.807, 2.05) is 0 Å². The Bertz CT molecular complexity index is 703. The molecule has 0 amide bonds. The van der Waals surface area contributed by atoms with Crippen LogP contribution in [0.4, 0.5) is 5.69 Å². The van der Waals surface area contributed by atoms with Crippen LogP contribution in [-0.4, -0.2) is 16.5 Å². The maximum Gasteiger partial charge on any atom is 0.279 e. The average Bonchev–Trinajstić information content (AvgIpc) is 2.47. The third kappa shape index (κ3) is 3.17. The molecule has 7 heteroatoms. The summed E-state index contributed by atoms with van der Waals surface area (Å²) < 4.78 is 18.7. The lowest BCUT2D eigenvalue weighted by molar-refractivity contribution is -0.384. The summed E-state index contributed by atoms with van der Waals surface area (Å²) in [5.41, 5.74) is 0.380. The molecule has 1 heterocycles. The zero-order chi connectivity index (χ0) is 15.5. The highest BCUT2D eigenvalue weighted by Crippen LogP contribution is 2.44. The molecule has 0 spiro atoms. The van der Waals surface area contributed by atoms with Crippen molar-refractivity contribution in [1.29, 1.82) is 0 Å². The fourth-order valence-electron chi connectivity index (χ4n) is 1.97. The Morgan fingerprint density at radius 1 is 1.29 bits per heavy atom. The fraction of sp³-hybridized carbons (Fsp3) is 0.214. The van der Waals surface area contributed by atoms with Crippen molar-refractivity contribution in [3.63, 3.8) is 0 Å². The summed E-state index contributed by atoms with van der Waals surface area (Å²) in [6.45, 7) is 3.56. The summed E-state index contributed by atoms with van der Waals surface area (Å²) in [5.74, 6) is 0. The van der Waals surface area contributed by atoms with Gasteiger partial charge in [-0.05, 0) is 26.0 Å². The summed E-state index contributed by atoms with van der Waals surface area (Å²) >= 11 is 0. The molecular weight excluding hydrogens is 291 g/mol. The quantitative estimate of drug-likeness (QED) is 0.481. The highest BCUT2D eigenvalue weighted by atomic mass is 31.2. The van der Waals surface area contributed by atoms with Gasteiger partial charge in [0.25, 0.3) is 13.1 Å². The summed E-state index contributed by atoms with van der Waals surface area (Å²) in [4.78, 5) is 14.6. The van der Waals surface area contributed by atoms with Crippen LogP contribution in [0.3, 0.4) is 0 Å². The van der Waals surface area contributed by atoms with Crippen LogP contribution < -0.4 is 10.7 Å². The Morgan fingerprint density at radius 2 is 1.95 bits per heavy atom. The molecular formula is C14H15N2O4P. The maximum atomic E-state index is 13.2. The topological polar surface area (TPSA) is 82.3 Å². The molecule has 1 aromatic carbocycles. The van der Waals surface area contributed by atoms with Crippen LogP contribution in [-0.2, 0) is 9.09 Å². The molecule has 110 valence electrons. The van der Waals surface area contributed by atoms with Gasteiger partial charge >= 0.3 is 0 Å². The van der Waals surface area contributed by atoms with Crippen LogP contribution in [0, 0.1) is 17.0 Å². The standard InChI is InChI=1S/C14H15N2O4P/c1-3-20-21(19,13-7-5-4-6-8-13)14-10-12(16(17)18)9-11(2)15-14/h4-10H,3H2,1-2H3. The first-order valence-electron chi connectivity index (χ1n) is 6.41. The molecule has 2 aromatic rings. The number of hydrogen-bond donors (Lipinski definition) is 0. The lowest BCUT2D eigenvalue weighted by Crippen LogP contribution is -2.22. The summed E-state index contributed by atoms with van der Waals surface area (Å²) in [6, 6.07) is 11.2. The maximum absolute atomic E-state index is 13.2. The number of pyridine rings is 1. The Morgan fingerprint density at radius 3 is 2.52 bits per heavy atom. The van der Waals surface area contributed by atoms with E-state index in [1.165, 1.54) is 12.1 Å². The molecule has 6 nitrogen and oxygen atoms in total. The number of nitro groups is 1. The fourth-order valence-corrected chi connectivity index (χ4v) is 4.03. The first-order valence-corrected chi connectivity index (χ1v) is 8.03. The van der Waals surface area contributed by atoms with Crippen LogP contribution in [0.2, 0.25) is 0 Å². The van der Waals surface area contributed by atoms with Crippen LogP contribution in [0.25, 0.3) is 0 Å². The normalized spacial score (nSPS) is 13.6. The molecule has 0 saturated carbocycles. The van der Waals surface area contributed by atoms with Gasteiger partial charge in [-0.1, -0.05) is 18.2 Å². The van der Waals surface area contributed by atoms with Crippen molar-refractivity contribution in [3.8, 4) is 0 Å². The Kier molecular flexibility index (Phi) is 4.50. The SMILES string of the molecule is CCOP(=O)(c1ccccc1)c1cc([N+](=O)[O-])cc(C)n1. The van der Waals surface area contributed by atoms with Crippen molar-refractivity contribution < 1.29 is 14.0 Å². The van der Waals surface area contributed by atoms with Gasteiger partial charge in [0, 0.05) is 23.1 Å². The van der Waals surface area contributed by atoms with Gasteiger partial charge in [0.15, 0.2) is 0 Å². The number of aryl methyl sites for hydroxylation is 1. The second-order valence-electron chi connectivity index (χ2n) is 4.39. The smallest absolute Gasteiger partial charge is 0.279 e. The number of hydrogen-bond acceptors (Lipinski definition) is 5. The molecule has 0 saturated heterocycles. The van der Waals surface area contributed by atoms with E-state index in [-0.39, 0.29) is 17.7 Å². The second kappa shape index (κ2) is 6.16. The zero-order valence-electron chi connectivity index (χ0n) is 11.7. The average molecular weight is 306 g/mol. The van der Waals surface area contributed by atoms with E-state index < -0.39 is 12.3 Å². The third-order valence-corrected chi connectivity index (χ3v) is 5.28. The minimum atomic E-state index is -3.43. The van der Waals surface area contributed by atoms with Crippen LogP contribution in [0.5, 0.6) is 0 Å². The van der Waals surface area contributed by atoms with E-state index in [4.69, 9.17) is 4.52 Å². The molecule has 1 unspecified atom stereocenters. The van der Waals surface area contributed by atoms with E-state index in [1.54, 1.807) is 44.2 Å². The number of aromatic nitrogens is 1. The van der Waals surface area contributed by atoms with Gasteiger partial charge in [0.05, 0.1) is 11.5 Å². The zero-order valence-corrected chi connectivity index (χ0v) is 12.6. The highest BCUT2D eigenvalue weighted by Gasteiger charge is 2.31. The predicted octanol–water partition coefficient (Wildman–Crippen LogP) is 2.56. The van der Waals surface area contributed by atoms with Crippen molar-refractivity contribution in [2.24, 2.45) is 0 Å². The monoisotopic (exact) mass is 306 g/mol. The first-order chi connectivity index (χ1) is 9.97. The van der Waals surface area contributed by atoms with E-state index in [0.29, 0.717) is 11.0 Å². The van der Waals surface area contributed by atoms with Gasteiger partial charge in [0.2, 0.25) is 0 Å². The molecule has 0 aliphatic heterocycles. The predicted molar refractivity (Wildman–Crippen MR) is 80.6 cm³/mol. The van der Waals surface area contributed by atoms with Gasteiger partial charge < -0.3 is 4.52 Å². The highest BCUT2D eigenvalue weighted by molar-refractivity contribution is 7.74. The lowest BCUT2D eigenvalue weighted by atomic mass is 10.3. The lowest BCUT2D eigenvalue weighted by Gasteiger charge is -2.17. The Hall–Kier alpha value is -2.04. The molecule has 0 radical (unpaired) electrons. The molecule has 0 bridgehead atoms. The van der Waals surface area contributed by atoms with Gasteiger partial charge in [-0.25, -0.2) is 4.98 Å². The summed E-state index contributed by atoms with van der Waals surface area (Å²) in [6.07, 6.45) is 0. The molecule has 0 fully saturated rings. The number of nitrogens with zero attached hydrogens (tertiary/aromatic N) is 2. The Balaban J connectivity index is 2.63. The van der Waals surface area contributed by atoms with E-state index in [9.17, 15) is 14.7 Å². The summed E-state index contributed by atoms with van der Waals surface area (Å²) in [5, 5.41) is 11.4. The van der Waals surface area contributed by atoms with E-state index >= 15 is 0 Å². The van der Waals surface area contributed by atoms with E-state index in [2.05, 4.69) is 4.98 Å². The van der Waals surface area contributed by atoms with Crippen LogP contribution in [0.15, 0.2) is 42.5 Å². The Labute approximate surface area is 122 Å². The molecule has 1 atom stereocenters. The third-order valence-electron chi connectivity index (χ3n) is 2.84. The largest absolute Gasteiger partial charge is 0.321 e. The molecule has 0 aliphatic rings. The van der Waals surface area contributed by atoms with Crippen molar-refractivity contribution in [1.82, 2.24) is 4.98 Å². The van der Waals surface area contributed by atoms with Crippen molar-refractivity contribution in [2.75, 3.05) is 6.61 Å².